The van der Waals surface area contributed by atoms with Crippen LogP contribution < -0.4 is 11.1 Å². The topological polar surface area (TPSA) is 126 Å². The fourth-order valence-corrected chi connectivity index (χ4v) is 1.46. The summed E-state index contributed by atoms with van der Waals surface area (Å²) in [7, 11) is 0. The summed E-state index contributed by atoms with van der Waals surface area (Å²) in [6.07, 6.45) is 0. The van der Waals surface area contributed by atoms with Crippen LogP contribution in [0.2, 0.25) is 0 Å². The molecule has 0 heterocycles. The third kappa shape index (κ3) is 2.88. The minimum Gasteiger partial charge on any atom is -0.366 e. The molecule has 6 heteroatoms. The highest BCUT2D eigenvalue weighted by Gasteiger charge is 2.11. The Labute approximate surface area is 110 Å². The summed E-state index contributed by atoms with van der Waals surface area (Å²) in [4.78, 5) is 11.2. The van der Waals surface area contributed by atoms with Crippen molar-refractivity contribution < 1.29 is 4.79 Å². The predicted octanol–water partition coefficient (Wildman–Crippen LogP) is 1.33. The lowest BCUT2D eigenvalue weighted by Crippen LogP contribution is -2.14. The molecule has 0 atom stereocenters. The average Bonchev–Trinajstić information content (AvgIpc) is 2.40. The second kappa shape index (κ2) is 5.86. The molecule has 0 radical (unpaired) electrons. The van der Waals surface area contributed by atoms with Crippen LogP contribution in [-0.4, -0.2) is 5.91 Å². The number of anilines is 1. The van der Waals surface area contributed by atoms with Crippen LogP contribution in [0, 0.1) is 40.9 Å². The van der Waals surface area contributed by atoms with E-state index in [1.54, 1.807) is 43.3 Å². The van der Waals surface area contributed by atoms with Crippen LogP contribution in [0.25, 0.3) is 0 Å². The number of carbonyl (C=O) groups is 1. The summed E-state index contributed by atoms with van der Waals surface area (Å²) in [5.74, 6) is -0.593. The summed E-state index contributed by atoms with van der Waals surface area (Å²) in [6.45, 7) is 1.65. The summed E-state index contributed by atoms with van der Waals surface area (Å²) >= 11 is 0. The van der Waals surface area contributed by atoms with Gasteiger partial charge in [0.05, 0.1) is 0 Å². The fourth-order valence-electron chi connectivity index (χ4n) is 1.46. The molecule has 0 aliphatic carbocycles. The molecule has 0 spiro atoms. The Hall–Kier alpha value is -3.30. The summed E-state index contributed by atoms with van der Waals surface area (Å²) in [5, 5.41) is 29.0. The normalized spacial score (nSPS) is 8.53. The lowest BCUT2D eigenvalue weighted by atomic mass is 10.1. The number of benzene rings is 1. The first-order valence-electron chi connectivity index (χ1n) is 5.16. The third-order valence-electron chi connectivity index (χ3n) is 2.44. The predicted molar refractivity (Wildman–Crippen MR) is 67.2 cm³/mol. The highest BCUT2D eigenvalue weighted by atomic mass is 16.1. The van der Waals surface area contributed by atoms with Crippen molar-refractivity contribution in [2.75, 3.05) is 5.32 Å². The Kier molecular flexibility index (Phi) is 4.24. The lowest BCUT2D eigenvalue weighted by Gasteiger charge is -2.10. The van der Waals surface area contributed by atoms with E-state index < -0.39 is 5.91 Å². The molecule has 0 bridgehead atoms. The van der Waals surface area contributed by atoms with Crippen molar-refractivity contribution in [3.8, 4) is 18.2 Å². The maximum absolute atomic E-state index is 11.2. The van der Waals surface area contributed by atoms with Crippen LogP contribution in [0.3, 0.4) is 0 Å². The van der Waals surface area contributed by atoms with Crippen LogP contribution in [0.5, 0.6) is 0 Å². The molecule has 1 aromatic rings. The van der Waals surface area contributed by atoms with Gasteiger partial charge in [0, 0.05) is 11.3 Å². The van der Waals surface area contributed by atoms with Gasteiger partial charge in [0.1, 0.15) is 23.9 Å². The second-order valence-electron chi connectivity index (χ2n) is 3.55. The molecule has 1 amide bonds. The Morgan fingerprint density at radius 3 is 2.32 bits per heavy atom. The van der Waals surface area contributed by atoms with E-state index in [1.807, 2.05) is 0 Å². The molecular formula is C13H9N5O. The Bertz CT molecular complexity index is 666. The van der Waals surface area contributed by atoms with Crippen molar-refractivity contribution in [3.05, 3.63) is 40.6 Å². The van der Waals surface area contributed by atoms with Gasteiger partial charge < -0.3 is 11.1 Å². The highest BCUT2D eigenvalue weighted by Crippen LogP contribution is 2.20. The van der Waals surface area contributed by atoms with E-state index in [2.05, 4.69) is 5.32 Å². The van der Waals surface area contributed by atoms with Crippen molar-refractivity contribution >= 4 is 11.6 Å². The molecule has 0 unspecified atom stereocenters. The number of nitrogens with one attached hydrogen (secondary N) is 1. The van der Waals surface area contributed by atoms with E-state index in [9.17, 15) is 4.79 Å². The van der Waals surface area contributed by atoms with Gasteiger partial charge in [-0.2, -0.15) is 15.8 Å². The van der Waals surface area contributed by atoms with Gasteiger partial charge in [-0.05, 0) is 24.6 Å². The number of hydrogen-bond donors (Lipinski definition) is 2. The Morgan fingerprint density at radius 1 is 1.21 bits per heavy atom. The van der Waals surface area contributed by atoms with Gasteiger partial charge in [-0.25, -0.2) is 0 Å². The molecule has 0 aromatic heterocycles. The first-order chi connectivity index (χ1) is 9.04. The fraction of sp³-hybridized carbons (Fsp3) is 0.0769. The van der Waals surface area contributed by atoms with Crippen LogP contribution in [0.15, 0.2) is 29.5 Å². The molecule has 6 nitrogen and oxygen atoms in total. The largest absolute Gasteiger partial charge is 0.366 e. The minimum absolute atomic E-state index is 0.172. The van der Waals surface area contributed by atoms with Crippen LogP contribution in [-0.2, 0) is 0 Å². The third-order valence-corrected chi connectivity index (χ3v) is 2.44. The van der Waals surface area contributed by atoms with E-state index in [4.69, 9.17) is 21.5 Å². The zero-order chi connectivity index (χ0) is 14.4. The van der Waals surface area contributed by atoms with E-state index in [0.717, 1.165) is 0 Å². The molecule has 3 N–H and O–H groups in total. The number of hydrogen-bond acceptors (Lipinski definition) is 5. The second-order valence-corrected chi connectivity index (χ2v) is 3.55. The summed E-state index contributed by atoms with van der Waals surface area (Å²) in [5.41, 5.74) is 6.00. The van der Waals surface area contributed by atoms with Crippen molar-refractivity contribution in [3.63, 3.8) is 0 Å². The lowest BCUT2D eigenvalue weighted by molar-refractivity contribution is 0.1000. The molecular weight excluding hydrogens is 242 g/mol. The Balaban J connectivity index is 3.30. The van der Waals surface area contributed by atoms with E-state index >= 15 is 0 Å². The molecule has 19 heavy (non-hydrogen) atoms. The van der Waals surface area contributed by atoms with Crippen molar-refractivity contribution in [1.29, 1.82) is 15.8 Å². The quantitative estimate of drug-likeness (QED) is 0.783. The highest BCUT2D eigenvalue weighted by molar-refractivity contribution is 5.95. The zero-order valence-corrected chi connectivity index (χ0v) is 10.1. The van der Waals surface area contributed by atoms with Gasteiger partial charge in [-0.1, -0.05) is 6.07 Å². The first-order valence-corrected chi connectivity index (χ1v) is 5.16. The first kappa shape index (κ1) is 13.8. The van der Waals surface area contributed by atoms with Gasteiger partial charge >= 0.3 is 0 Å². The number of nitrogens with two attached hydrogens (primary N) is 1. The number of amides is 1. The number of allylic oxidation sites excluding steroid dienone is 2. The van der Waals surface area contributed by atoms with E-state index in [1.165, 1.54) is 0 Å². The minimum atomic E-state index is -0.593. The van der Waals surface area contributed by atoms with Crippen LogP contribution in [0.1, 0.15) is 15.9 Å². The number of rotatable bonds is 3. The summed E-state index contributed by atoms with van der Waals surface area (Å²) < 4.78 is 0. The molecule has 0 aliphatic rings. The van der Waals surface area contributed by atoms with Gasteiger partial charge in [-0.15, -0.1) is 0 Å². The molecule has 0 saturated heterocycles. The molecule has 1 aromatic carbocycles. The van der Waals surface area contributed by atoms with Gasteiger partial charge in [0.2, 0.25) is 5.91 Å². The molecule has 0 aliphatic heterocycles. The standard InChI is InChI=1S/C13H9N5O/c1-8-10(13(17)19)3-2-4-11(8)18-12(7-16)9(5-14)6-15/h2-4,18H,1H3,(H2,17,19). The molecule has 92 valence electrons. The van der Waals surface area contributed by atoms with E-state index in [0.29, 0.717) is 16.8 Å². The van der Waals surface area contributed by atoms with Crippen LogP contribution in [0.4, 0.5) is 5.69 Å². The summed E-state index contributed by atoms with van der Waals surface area (Å²) in [6, 6.07) is 9.73. The smallest absolute Gasteiger partial charge is 0.249 e. The van der Waals surface area contributed by atoms with Gasteiger partial charge in [-0.3, -0.25) is 4.79 Å². The number of primary amides is 1. The van der Waals surface area contributed by atoms with E-state index in [-0.39, 0.29) is 11.3 Å². The monoisotopic (exact) mass is 251 g/mol. The number of carbonyl (C=O) groups excluding carboxylic acids is 1. The van der Waals surface area contributed by atoms with Crippen molar-refractivity contribution in [1.82, 2.24) is 0 Å². The molecule has 0 saturated carbocycles. The number of nitriles is 3. The molecule has 0 fully saturated rings. The number of nitrogens with zero attached hydrogens (tertiary/aromatic N) is 3. The van der Waals surface area contributed by atoms with Crippen molar-refractivity contribution in [2.45, 2.75) is 6.92 Å². The van der Waals surface area contributed by atoms with Crippen LogP contribution >= 0.6 is 0 Å². The SMILES string of the molecule is Cc1c(NC(C#N)=C(C#N)C#N)cccc1C(N)=O. The van der Waals surface area contributed by atoms with Gasteiger partial charge in [0.15, 0.2) is 5.57 Å². The zero-order valence-electron chi connectivity index (χ0n) is 10.1. The average molecular weight is 251 g/mol. The Morgan fingerprint density at radius 2 is 1.84 bits per heavy atom. The molecule has 1 rings (SSSR count). The van der Waals surface area contributed by atoms with Crippen molar-refractivity contribution in [2.24, 2.45) is 5.73 Å². The maximum atomic E-state index is 11.2. The maximum Gasteiger partial charge on any atom is 0.249 e. The van der Waals surface area contributed by atoms with Gasteiger partial charge in [0.25, 0.3) is 0 Å².